The molecule has 0 aromatic rings. The van der Waals surface area contributed by atoms with E-state index in [0.29, 0.717) is 0 Å². The Morgan fingerprint density at radius 2 is 1.00 bits per heavy atom. The molecule has 0 aromatic heterocycles. The maximum atomic E-state index is 10.1. The summed E-state index contributed by atoms with van der Waals surface area (Å²) in [5.41, 5.74) is 0. The normalized spacial score (nSPS) is 9.21. The van der Waals surface area contributed by atoms with Crippen molar-refractivity contribution < 1.29 is 71.5 Å². The van der Waals surface area contributed by atoms with Gasteiger partial charge in [0, 0.05) is 41.7 Å². The van der Waals surface area contributed by atoms with Gasteiger partial charge in [0.1, 0.15) is 0 Å². The summed E-state index contributed by atoms with van der Waals surface area (Å²) in [6.45, 7) is -1.80. The van der Waals surface area contributed by atoms with Gasteiger partial charge in [0.2, 0.25) is 0 Å². The molecule has 8 heteroatoms. The average molecular weight is 331 g/mol. The monoisotopic (exact) mass is 331 g/mol. The second-order valence-corrected chi connectivity index (χ2v) is 2.33. The number of rotatable bonds is 6. The molecular formula is C6H9CeNO6. The van der Waals surface area contributed by atoms with Crippen LogP contribution in [0.4, 0.5) is 0 Å². The predicted octanol–water partition coefficient (Wildman–Crippen LogP) is -1.46. The third-order valence-corrected chi connectivity index (χ3v) is 1.08. The number of carboxylic acid groups (broad SMARTS) is 3. The third-order valence-electron chi connectivity index (χ3n) is 1.08. The number of carbonyl (C=O) groups is 3. The van der Waals surface area contributed by atoms with Crippen LogP contribution in [0.1, 0.15) is 0 Å². The van der Waals surface area contributed by atoms with Crippen molar-refractivity contribution in [2.45, 2.75) is 0 Å². The van der Waals surface area contributed by atoms with E-state index in [9.17, 15) is 14.4 Å². The fourth-order valence-electron chi connectivity index (χ4n) is 0.742. The van der Waals surface area contributed by atoms with Gasteiger partial charge in [-0.05, 0) is 0 Å². The van der Waals surface area contributed by atoms with E-state index in [-0.39, 0.29) is 41.7 Å². The molecule has 0 aliphatic rings. The van der Waals surface area contributed by atoms with Gasteiger partial charge in [-0.25, -0.2) is 0 Å². The Morgan fingerprint density at radius 1 is 0.786 bits per heavy atom. The molecule has 0 saturated carbocycles. The maximum absolute atomic E-state index is 10.1. The van der Waals surface area contributed by atoms with Gasteiger partial charge in [0.05, 0.1) is 19.6 Å². The molecule has 0 aliphatic heterocycles. The summed E-state index contributed by atoms with van der Waals surface area (Å²) in [5.74, 6) is -3.78. The Balaban J connectivity index is 0. The predicted molar refractivity (Wildman–Crippen MR) is 39.3 cm³/mol. The molecule has 0 spiro atoms. The van der Waals surface area contributed by atoms with Gasteiger partial charge >= 0.3 is 17.9 Å². The summed E-state index contributed by atoms with van der Waals surface area (Å²) in [5, 5.41) is 24.8. The minimum Gasteiger partial charge on any atom is -0.480 e. The Hall–Kier alpha value is -0.253. The van der Waals surface area contributed by atoms with Crippen molar-refractivity contribution in [1.82, 2.24) is 4.90 Å². The van der Waals surface area contributed by atoms with Crippen molar-refractivity contribution in [2.75, 3.05) is 19.6 Å². The van der Waals surface area contributed by atoms with E-state index in [1.54, 1.807) is 0 Å². The van der Waals surface area contributed by atoms with Gasteiger partial charge in [-0.2, -0.15) is 0 Å². The molecule has 78 valence electrons. The molecule has 0 radical (unpaired) electrons. The summed E-state index contributed by atoms with van der Waals surface area (Å²) in [6.07, 6.45) is 0. The van der Waals surface area contributed by atoms with Crippen molar-refractivity contribution in [3.8, 4) is 0 Å². The van der Waals surface area contributed by atoms with Gasteiger partial charge < -0.3 is 15.3 Å². The van der Waals surface area contributed by atoms with E-state index in [2.05, 4.69) is 0 Å². The summed E-state index contributed by atoms with van der Waals surface area (Å²) in [4.78, 5) is 31.2. The number of hydrogen-bond acceptors (Lipinski definition) is 4. The van der Waals surface area contributed by atoms with Crippen LogP contribution in [0.2, 0.25) is 0 Å². The molecule has 0 amide bonds. The molecule has 0 fully saturated rings. The van der Waals surface area contributed by atoms with Crippen LogP contribution >= 0.6 is 0 Å². The fraction of sp³-hybridized carbons (Fsp3) is 0.500. The molecule has 0 unspecified atom stereocenters. The Labute approximate surface area is 113 Å². The molecule has 0 bridgehead atoms. The third kappa shape index (κ3) is 9.83. The quantitative estimate of drug-likeness (QED) is 0.545. The van der Waals surface area contributed by atoms with Crippen LogP contribution in [0.15, 0.2) is 0 Å². The first-order chi connectivity index (χ1) is 5.91. The summed E-state index contributed by atoms with van der Waals surface area (Å²) >= 11 is 0. The summed E-state index contributed by atoms with van der Waals surface area (Å²) in [7, 11) is 0. The molecule has 0 rings (SSSR count). The van der Waals surface area contributed by atoms with Gasteiger partial charge in [-0.1, -0.05) is 0 Å². The first-order valence-electron chi connectivity index (χ1n) is 3.29. The molecule has 0 aromatic carbocycles. The largest absolute Gasteiger partial charge is 0.480 e. The first-order valence-corrected chi connectivity index (χ1v) is 3.29. The SMILES string of the molecule is O=C(O)CN(CC(=O)O)CC(=O)O.[Ce]. The van der Waals surface area contributed by atoms with Crippen molar-refractivity contribution in [2.24, 2.45) is 0 Å². The topological polar surface area (TPSA) is 115 Å². The van der Waals surface area contributed by atoms with Gasteiger partial charge in [0.25, 0.3) is 0 Å². The van der Waals surface area contributed by atoms with Gasteiger partial charge in [-0.15, -0.1) is 0 Å². The minimum absolute atomic E-state index is 0. The van der Waals surface area contributed by atoms with E-state index in [0.717, 1.165) is 4.90 Å². The van der Waals surface area contributed by atoms with Gasteiger partial charge in [0.15, 0.2) is 0 Å². The molecule has 7 nitrogen and oxygen atoms in total. The number of nitrogens with zero attached hydrogens (tertiary/aromatic N) is 1. The zero-order valence-corrected chi connectivity index (χ0v) is 10.3. The zero-order valence-electron chi connectivity index (χ0n) is 7.13. The smallest absolute Gasteiger partial charge is 0.317 e. The molecule has 0 heterocycles. The van der Waals surface area contributed by atoms with Crippen LogP contribution in [0.5, 0.6) is 0 Å². The van der Waals surface area contributed by atoms with Crippen molar-refractivity contribution in [3.63, 3.8) is 0 Å². The number of carboxylic acids is 3. The van der Waals surface area contributed by atoms with Crippen LogP contribution < -0.4 is 0 Å². The van der Waals surface area contributed by atoms with Crippen LogP contribution in [-0.2, 0) is 14.4 Å². The van der Waals surface area contributed by atoms with E-state index < -0.39 is 37.5 Å². The molecule has 14 heavy (non-hydrogen) atoms. The van der Waals surface area contributed by atoms with Crippen LogP contribution in [0, 0.1) is 41.7 Å². The van der Waals surface area contributed by atoms with Crippen LogP contribution in [0.25, 0.3) is 0 Å². The van der Waals surface area contributed by atoms with E-state index in [4.69, 9.17) is 15.3 Å². The molecule has 0 aliphatic carbocycles. The minimum atomic E-state index is -1.26. The summed E-state index contributed by atoms with van der Waals surface area (Å²) < 4.78 is 0. The Bertz CT molecular complexity index is 192. The van der Waals surface area contributed by atoms with Crippen LogP contribution in [-0.4, -0.2) is 57.8 Å². The second kappa shape index (κ2) is 8.09. The van der Waals surface area contributed by atoms with E-state index >= 15 is 0 Å². The summed E-state index contributed by atoms with van der Waals surface area (Å²) in [6, 6.07) is 0. The average Bonchev–Trinajstić information content (AvgIpc) is 1.80. The molecule has 3 N–H and O–H groups in total. The van der Waals surface area contributed by atoms with E-state index in [1.807, 2.05) is 0 Å². The Kier molecular flexibility index (Phi) is 9.35. The zero-order chi connectivity index (χ0) is 10.4. The number of aliphatic carboxylic acids is 3. The fourth-order valence-corrected chi connectivity index (χ4v) is 0.742. The Morgan fingerprint density at radius 3 is 1.14 bits per heavy atom. The van der Waals surface area contributed by atoms with E-state index in [1.165, 1.54) is 0 Å². The second-order valence-electron chi connectivity index (χ2n) is 2.33. The molecule has 0 atom stereocenters. The van der Waals surface area contributed by atoms with Crippen molar-refractivity contribution in [1.29, 1.82) is 0 Å². The standard InChI is InChI=1S/C6H9NO6.Ce/c8-4(9)1-7(2-5(10)11)3-6(12)13;/h1-3H2,(H,8,9)(H,10,11)(H,12,13);. The van der Waals surface area contributed by atoms with Crippen molar-refractivity contribution in [3.05, 3.63) is 0 Å². The first kappa shape index (κ1) is 16.2. The van der Waals surface area contributed by atoms with Gasteiger partial charge in [-0.3, -0.25) is 19.3 Å². The van der Waals surface area contributed by atoms with Crippen molar-refractivity contribution >= 4 is 17.9 Å². The number of hydrogen-bond donors (Lipinski definition) is 3. The molecular weight excluding hydrogens is 322 g/mol. The molecule has 0 saturated heterocycles. The van der Waals surface area contributed by atoms with Crippen LogP contribution in [0.3, 0.4) is 0 Å². The maximum Gasteiger partial charge on any atom is 0.317 e.